The van der Waals surface area contributed by atoms with Crippen LogP contribution in [-0.4, -0.2) is 35.7 Å². The molecule has 0 unspecified atom stereocenters. The molecule has 0 spiro atoms. The molecule has 11 heteroatoms. The third-order valence-corrected chi connectivity index (χ3v) is 4.33. The highest BCUT2D eigenvalue weighted by molar-refractivity contribution is 5.90. The number of halogens is 3. The van der Waals surface area contributed by atoms with Crippen LogP contribution in [0.2, 0.25) is 0 Å². The first-order valence-corrected chi connectivity index (χ1v) is 8.61. The average Bonchev–Trinajstić information content (AvgIpc) is 3.28. The molecular formula is C18H15F3N6O2. The molecule has 0 saturated carbocycles. The van der Waals surface area contributed by atoms with Gasteiger partial charge in [-0.2, -0.15) is 5.10 Å². The summed E-state index contributed by atoms with van der Waals surface area (Å²) in [6.07, 6.45) is 0.258. The van der Waals surface area contributed by atoms with E-state index in [0.717, 1.165) is 17.7 Å². The van der Waals surface area contributed by atoms with Crippen LogP contribution in [0.15, 0.2) is 47.7 Å². The Morgan fingerprint density at radius 3 is 2.45 bits per heavy atom. The average molecular weight is 404 g/mol. The fourth-order valence-electron chi connectivity index (χ4n) is 3.08. The lowest BCUT2D eigenvalue weighted by Gasteiger charge is -2.12. The van der Waals surface area contributed by atoms with Crippen molar-refractivity contribution >= 4 is 11.0 Å². The Bertz CT molecular complexity index is 1240. The van der Waals surface area contributed by atoms with E-state index in [1.54, 1.807) is 35.0 Å². The number of pyridine rings is 1. The maximum absolute atomic E-state index is 13.0. The summed E-state index contributed by atoms with van der Waals surface area (Å²) in [5, 5.41) is 12.2. The molecule has 150 valence electrons. The van der Waals surface area contributed by atoms with Gasteiger partial charge in [0, 0.05) is 42.8 Å². The first kappa shape index (κ1) is 18.7. The molecule has 3 heterocycles. The summed E-state index contributed by atoms with van der Waals surface area (Å²) < 4.78 is 45.6. The molecule has 0 bridgehead atoms. The Labute approximate surface area is 161 Å². The van der Waals surface area contributed by atoms with Crippen molar-refractivity contribution in [2.24, 2.45) is 7.05 Å². The molecule has 0 fully saturated rings. The lowest BCUT2D eigenvalue weighted by atomic mass is 10.1. The summed E-state index contributed by atoms with van der Waals surface area (Å²) in [7, 11) is 1.77. The van der Waals surface area contributed by atoms with Crippen LogP contribution < -0.4 is 10.3 Å². The highest BCUT2D eigenvalue weighted by Crippen LogP contribution is 2.28. The summed E-state index contributed by atoms with van der Waals surface area (Å²) in [5.41, 5.74) is 2.08. The second kappa shape index (κ2) is 6.76. The Hall–Kier alpha value is -3.63. The maximum atomic E-state index is 13.0. The van der Waals surface area contributed by atoms with Crippen LogP contribution in [-0.2, 0) is 13.6 Å². The van der Waals surface area contributed by atoms with Gasteiger partial charge in [-0.05, 0) is 31.2 Å². The van der Waals surface area contributed by atoms with Crippen LogP contribution in [0.1, 0.15) is 6.92 Å². The third kappa shape index (κ3) is 3.46. The molecule has 0 aliphatic carbocycles. The number of nitrogens with zero attached hydrogens (tertiary/aromatic N) is 6. The fraction of sp³-hybridized carbons (Fsp3) is 0.222. The van der Waals surface area contributed by atoms with Crippen molar-refractivity contribution in [1.29, 1.82) is 0 Å². The van der Waals surface area contributed by atoms with Crippen LogP contribution in [0.5, 0.6) is 5.75 Å². The monoisotopic (exact) mass is 404 g/mol. The van der Waals surface area contributed by atoms with Crippen LogP contribution in [0.3, 0.4) is 0 Å². The molecule has 3 aromatic heterocycles. The smallest absolute Gasteiger partial charge is 0.406 e. The molecule has 4 aromatic rings. The van der Waals surface area contributed by atoms with Gasteiger partial charge in [-0.1, -0.05) is 5.21 Å². The summed E-state index contributed by atoms with van der Waals surface area (Å²) in [6, 6.07) is 5.02. The number of alkyl halides is 3. The zero-order chi connectivity index (χ0) is 20.8. The van der Waals surface area contributed by atoms with E-state index in [1.807, 2.05) is 6.92 Å². The Morgan fingerprint density at radius 2 is 1.86 bits per heavy atom. The summed E-state index contributed by atoms with van der Waals surface area (Å²) in [5.74, 6) is -0.375. The predicted octanol–water partition coefficient (Wildman–Crippen LogP) is 2.90. The Morgan fingerprint density at radius 1 is 1.14 bits per heavy atom. The van der Waals surface area contributed by atoms with Gasteiger partial charge in [-0.3, -0.25) is 14.0 Å². The molecule has 1 aromatic carbocycles. The molecule has 0 N–H and O–H groups in total. The van der Waals surface area contributed by atoms with Gasteiger partial charge < -0.3 is 4.74 Å². The minimum atomic E-state index is -4.79. The molecule has 0 radical (unpaired) electrons. The molecule has 0 amide bonds. The topological polar surface area (TPSA) is 79.8 Å². The van der Waals surface area contributed by atoms with Crippen molar-refractivity contribution in [3.63, 3.8) is 0 Å². The normalized spacial score (nSPS) is 11.9. The van der Waals surface area contributed by atoms with E-state index in [0.29, 0.717) is 23.3 Å². The minimum Gasteiger partial charge on any atom is -0.406 e. The number of aromatic nitrogens is 6. The SMILES string of the molecule is CCn1nnc2c(=O)n(-c3ccc(OC(F)(F)F)cc3)cc(-c3cnn(C)c3)c21. The third-order valence-electron chi connectivity index (χ3n) is 4.33. The van der Waals surface area contributed by atoms with Crippen LogP contribution in [0, 0.1) is 0 Å². The van der Waals surface area contributed by atoms with Gasteiger partial charge in [-0.25, -0.2) is 4.68 Å². The lowest BCUT2D eigenvalue weighted by molar-refractivity contribution is -0.274. The number of fused-ring (bicyclic) bond motifs is 1. The number of aryl methyl sites for hydroxylation is 2. The van der Waals surface area contributed by atoms with Crippen LogP contribution in [0.25, 0.3) is 27.8 Å². The van der Waals surface area contributed by atoms with Crippen molar-refractivity contribution in [3.05, 3.63) is 53.2 Å². The van der Waals surface area contributed by atoms with Crippen LogP contribution in [0.4, 0.5) is 13.2 Å². The van der Waals surface area contributed by atoms with Crippen molar-refractivity contribution in [3.8, 4) is 22.6 Å². The number of ether oxygens (including phenoxy) is 1. The lowest BCUT2D eigenvalue weighted by Crippen LogP contribution is -2.19. The minimum absolute atomic E-state index is 0.156. The quantitative estimate of drug-likeness (QED) is 0.523. The largest absolute Gasteiger partial charge is 0.573 e. The number of rotatable bonds is 4. The van der Waals surface area contributed by atoms with Crippen molar-refractivity contribution < 1.29 is 17.9 Å². The van der Waals surface area contributed by atoms with Gasteiger partial charge in [0.2, 0.25) is 0 Å². The maximum Gasteiger partial charge on any atom is 0.573 e. The molecule has 8 nitrogen and oxygen atoms in total. The van der Waals surface area contributed by atoms with Gasteiger partial charge in [0.15, 0.2) is 5.52 Å². The van der Waals surface area contributed by atoms with E-state index in [2.05, 4.69) is 20.1 Å². The van der Waals surface area contributed by atoms with Gasteiger partial charge in [-0.15, -0.1) is 18.3 Å². The van der Waals surface area contributed by atoms with Gasteiger partial charge >= 0.3 is 6.36 Å². The van der Waals surface area contributed by atoms with Crippen molar-refractivity contribution in [2.45, 2.75) is 19.8 Å². The van der Waals surface area contributed by atoms with E-state index in [4.69, 9.17) is 0 Å². The molecule has 0 atom stereocenters. The second-order valence-corrected chi connectivity index (χ2v) is 6.26. The standard InChI is InChI=1S/C18H15F3N6O2/c1-3-27-16-14(11-8-22-25(2)9-11)10-26(17(28)15(16)23-24-27)12-4-6-13(7-5-12)29-18(19,20)21/h4-10H,3H2,1-2H3. The Kier molecular flexibility index (Phi) is 4.36. The van der Waals surface area contributed by atoms with E-state index in [1.165, 1.54) is 16.7 Å². The van der Waals surface area contributed by atoms with E-state index in [-0.39, 0.29) is 11.3 Å². The number of hydrogen-bond donors (Lipinski definition) is 0. The zero-order valence-corrected chi connectivity index (χ0v) is 15.4. The summed E-state index contributed by atoms with van der Waals surface area (Å²) >= 11 is 0. The second-order valence-electron chi connectivity index (χ2n) is 6.26. The predicted molar refractivity (Wildman–Crippen MR) is 97.7 cm³/mol. The molecule has 0 aliphatic rings. The molecular weight excluding hydrogens is 389 g/mol. The van der Waals surface area contributed by atoms with Crippen molar-refractivity contribution in [2.75, 3.05) is 0 Å². The van der Waals surface area contributed by atoms with Gasteiger partial charge in [0.25, 0.3) is 5.56 Å². The zero-order valence-electron chi connectivity index (χ0n) is 15.4. The number of hydrogen-bond acceptors (Lipinski definition) is 5. The van der Waals surface area contributed by atoms with E-state index >= 15 is 0 Å². The first-order chi connectivity index (χ1) is 13.8. The molecule has 0 aliphatic heterocycles. The molecule has 29 heavy (non-hydrogen) atoms. The highest BCUT2D eigenvalue weighted by atomic mass is 19.4. The fourth-order valence-corrected chi connectivity index (χ4v) is 3.08. The van der Waals surface area contributed by atoms with E-state index in [9.17, 15) is 18.0 Å². The van der Waals surface area contributed by atoms with Gasteiger partial charge in [0.1, 0.15) is 11.3 Å². The summed E-state index contributed by atoms with van der Waals surface area (Å²) in [6.45, 7) is 2.39. The van der Waals surface area contributed by atoms with Gasteiger partial charge in [0.05, 0.1) is 6.20 Å². The number of benzene rings is 1. The Balaban J connectivity index is 1.90. The van der Waals surface area contributed by atoms with E-state index < -0.39 is 11.9 Å². The first-order valence-electron chi connectivity index (χ1n) is 8.61. The van der Waals surface area contributed by atoms with Crippen LogP contribution >= 0.6 is 0 Å². The van der Waals surface area contributed by atoms with Crippen molar-refractivity contribution in [1.82, 2.24) is 29.3 Å². The molecule has 4 rings (SSSR count). The highest BCUT2D eigenvalue weighted by Gasteiger charge is 2.31. The molecule has 0 saturated heterocycles. The summed E-state index contributed by atoms with van der Waals surface area (Å²) in [4.78, 5) is 13.0.